The van der Waals surface area contributed by atoms with Gasteiger partial charge in [0, 0.05) is 31.4 Å². The predicted molar refractivity (Wildman–Crippen MR) is 132 cm³/mol. The zero-order valence-corrected chi connectivity index (χ0v) is 20.4. The highest BCUT2D eigenvalue weighted by molar-refractivity contribution is 5.87. The zero-order chi connectivity index (χ0) is 23.5. The van der Waals surface area contributed by atoms with Crippen LogP contribution in [0.1, 0.15) is 63.9 Å². The van der Waals surface area contributed by atoms with Crippen LogP contribution in [0.15, 0.2) is 24.3 Å². The van der Waals surface area contributed by atoms with Gasteiger partial charge in [-0.05, 0) is 37.8 Å². The number of aryl methyl sites for hydroxylation is 1. The Morgan fingerprint density at radius 2 is 1.76 bits per heavy atom. The fourth-order valence-corrected chi connectivity index (χ4v) is 4.78. The first-order chi connectivity index (χ1) is 16.0. The summed E-state index contributed by atoms with van der Waals surface area (Å²) >= 11 is 0. The molecule has 1 aromatic rings. The van der Waals surface area contributed by atoms with E-state index in [0.29, 0.717) is 45.2 Å². The van der Waals surface area contributed by atoms with Gasteiger partial charge in [-0.3, -0.25) is 4.79 Å². The van der Waals surface area contributed by atoms with Crippen LogP contribution >= 0.6 is 0 Å². The number of nitrogens with zero attached hydrogens (tertiary/aromatic N) is 1. The van der Waals surface area contributed by atoms with Gasteiger partial charge in [-0.2, -0.15) is 0 Å². The van der Waals surface area contributed by atoms with E-state index in [-0.39, 0.29) is 18.0 Å². The summed E-state index contributed by atoms with van der Waals surface area (Å²) in [5.41, 5.74) is 2.27. The van der Waals surface area contributed by atoms with Crippen LogP contribution in [-0.4, -0.2) is 61.8 Å². The van der Waals surface area contributed by atoms with E-state index < -0.39 is 6.04 Å². The van der Waals surface area contributed by atoms with E-state index in [1.807, 2.05) is 0 Å². The van der Waals surface area contributed by atoms with Crippen molar-refractivity contribution in [1.29, 1.82) is 0 Å². The summed E-state index contributed by atoms with van der Waals surface area (Å²) in [4.78, 5) is 28.0. The van der Waals surface area contributed by atoms with Gasteiger partial charge in [0.25, 0.3) is 0 Å². The molecular formula is C26H42N4O3. The number of benzene rings is 1. The molecule has 3 amide bonds. The molecule has 7 nitrogen and oxygen atoms in total. The largest absolute Gasteiger partial charge is 0.383 e. The first-order valence-corrected chi connectivity index (χ1v) is 12.8. The second-order valence-corrected chi connectivity index (χ2v) is 9.58. The number of urea groups is 1. The molecule has 2 fully saturated rings. The number of hydrogen-bond donors (Lipinski definition) is 3. The summed E-state index contributed by atoms with van der Waals surface area (Å²) in [6.07, 6.45) is 8.58. The number of carbonyl (C=O) groups is 2. The van der Waals surface area contributed by atoms with Crippen molar-refractivity contribution in [3.05, 3.63) is 29.8 Å². The summed E-state index contributed by atoms with van der Waals surface area (Å²) < 4.78 is 5.37. The maximum Gasteiger partial charge on any atom is 0.318 e. The molecule has 2 atom stereocenters. The van der Waals surface area contributed by atoms with Crippen molar-refractivity contribution >= 4 is 17.6 Å². The van der Waals surface area contributed by atoms with Crippen LogP contribution in [0.2, 0.25) is 0 Å². The number of carbonyl (C=O) groups excluding carboxylic acids is 2. The fraction of sp³-hybridized carbons (Fsp3) is 0.692. The van der Waals surface area contributed by atoms with Crippen molar-refractivity contribution in [3.8, 4) is 0 Å². The van der Waals surface area contributed by atoms with Gasteiger partial charge in [0.15, 0.2) is 0 Å². The minimum Gasteiger partial charge on any atom is -0.383 e. The van der Waals surface area contributed by atoms with Gasteiger partial charge in [-0.15, -0.1) is 0 Å². The molecule has 2 aliphatic rings. The molecule has 33 heavy (non-hydrogen) atoms. The van der Waals surface area contributed by atoms with Gasteiger partial charge in [-0.25, -0.2) is 4.79 Å². The number of anilines is 1. The zero-order valence-electron chi connectivity index (χ0n) is 20.4. The molecule has 0 radical (unpaired) electrons. The number of nitrogens with one attached hydrogen (secondary N) is 3. The van der Waals surface area contributed by atoms with E-state index >= 15 is 0 Å². The Morgan fingerprint density at radius 3 is 2.42 bits per heavy atom. The number of rotatable bonds is 10. The number of morpholine rings is 1. The molecule has 184 valence electrons. The Hall–Kier alpha value is -2.28. The SMILES string of the molecule is CCC[C@@H](CNc1ccc(C)cc1)NC(=O)[C@H](CC1CCCCC1)NC(=O)N1CCOCC1. The van der Waals surface area contributed by atoms with Crippen molar-refractivity contribution in [2.75, 3.05) is 38.2 Å². The molecule has 0 aromatic heterocycles. The quantitative estimate of drug-likeness (QED) is 0.494. The maximum absolute atomic E-state index is 13.4. The lowest BCUT2D eigenvalue weighted by Gasteiger charge is -2.32. The van der Waals surface area contributed by atoms with Crippen molar-refractivity contribution in [2.24, 2.45) is 5.92 Å². The normalized spacial score (nSPS) is 18.9. The maximum atomic E-state index is 13.4. The Bertz CT molecular complexity index is 728. The van der Waals surface area contributed by atoms with Crippen LogP contribution in [-0.2, 0) is 9.53 Å². The Labute approximate surface area is 199 Å². The second kappa shape index (κ2) is 13.4. The van der Waals surface area contributed by atoms with E-state index in [0.717, 1.165) is 31.4 Å². The highest BCUT2D eigenvalue weighted by Gasteiger charge is 2.29. The first-order valence-electron chi connectivity index (χ1n) is 12.8. The van der Waals surface area contributed by atoms with Gasteiger partial charge < -0.3 is 25.6 Å². The van der Waals surface area contributed by atoms with Crippen molar-refractivity contribution in [1.82, 2.24) is 15.5 Å². The van der Waals surface area contributed by atoms with Gasteiger partial charge in [0.1, 0.15) is 6.04 Å². The second-order valence-electron chi connectivity index (χ2n) is 9.58. The predicted octanol–water partition coefficient (Wildman–Crippen LogP) is 4.07. The lowest BCUT2D eigenvalue weighted by Crippen LogP contribution is -2.55. The molecule has 1 aromatic carbocycles. The third-order valence-electron chi connectivity index (χ3n) is 6.79. The first kappa shape index (κ1) is 25.3. The van der Waals surface area contributed by atoms with Crippen LogP contribution < -0.4 is 16.0 Å². The lowest BCUT2D eigenvalue weighted by atomic mass is 9.84. The highest BCUT2D eigenvalue weighted by atomic mass is 16.5. The smallest absolute Gasteiger partial charge is 0.318 e. The minimum absolute atomic E-state index is 0.0120. The van der Waals surface area contributed by atoms with Crippen molar-refractivity contribution < 1.29 is 14.3 Å². The number of ether oxygens (including phenoxy) is 1. The number of amides is 3. The molecule has 0 unspecified atom stereocenters. The Morgan fingerprint density at radius 1 is 1.06 bits per heavy atom. The van der Waals surface area contributed by atoms with Gasteiger partial charge in [0.2, 0.25) is 5.91 Å². The standard InChI is InChI=1S/C26H42N4O3/c1-3-7-23(19-27-22-12-10-20(2)11-13-22)28-25(31)24(18-21-8-5-4-6-9-21)29-26(32)30-14-16-33-17-15-30/h10-13,21,23-24,27H,3-9,14-19H2,1-2H3,(H,28,31)(H,29,32)/t23-,24-/m0/s1. The summed E-state index contributed by atoms with van der Waals surface area (Å²) in [6.45, 7) is 7.11. The van der Waals surface area contributed by atoms with E-state index in [1.165, 1.54) is 24.8 Å². The fourth-order valence-electron chi connectivity index (χ4n) is 4.78. The molecule has 0 bridgehead atoms. The van der Waals surface area contributed by atoms with E-state index in [1.54, 1.807) is 4.90 Å². The number of hydrogen-bond acceptors (Lipinski definition) is 4. The van der Waals surface area contributed by atoms with Gasteiger partial charge in [-0.1, -0.05) is 63.1 Å². The van der Waals surface area contributed by atoms with Crippen LogP contribution in [0, 0.1) is 12.8 Å². The lowest BCUT2D eigenvalue weighted by molar-refractivity contribution is -0.124. The molecular weight excluding hydrogens is 416 g/mol. The topological polar surface area (TPSA) is 82.7 Å². The molecule has 7 heteroatoms. The Kier molecular flexibility index (Phi) is 10.3. The average molecular weight is 459 g/mol. The third-order valence-corrected chi connectivity index (χ3v) is 6.79. The third kappa shape index (κ3) is 8.54. The molecule has 3 N–H and O–H groups in total. The molecule has 3 rings (SSSR count). The summed E-state index contributed by atoms with van der Waals surface area (Å²) in [7, 11) is 0. The summed E-state index contributed by atoms with van der Waals surface area (Å²) in [6, 6.07) is 7.65. The van der Waals surface area contributed by atoms with Crippen molar-refractivity contribution in [3.63, 3.8) is 0 Å². The van der Waals surface area contributed by atoms with E-state index in [9.17, 15) is 9.59 Å². The molecule has 1 saturated heterocycles. The highest BCUT2D eigenvalue weighted by Crippen LogP contribution is 2.27. The van der Waals surface area contributed by atoms with Crippen LogP contribution in [0.5, 0.6) is 0 Å². The van der Waals surface area contributed by atoms with E-state index in [4.69, 9.17) is 4.74 Å². The van der Waals surface area contributed by atoms with Crippen LogP contribution in [0.3, 0.4) is 0 Å². The van der Waals surface area contributed by atoms with Crippen LogP contribution in [0.4, 0.5) is 10.5 Å². The summed E-state index contributed by atoms with van der Waals surface area (Å²) in [5, 5.41) is 9.75. The van der Waals surface area contributed by atoms with Crippen LogP contribution in [0.25, 0.3) is 0 Å². The monoisotopic (exact) mass is 458 g/mol. The van der Waals surface area contributed by atoms with Gasteiger partial charge in [0.05, 0.1) is 13.2 Å². The molecule has 0 spiro atoms. The average Bonchev–Trinajstić information content (AvgIpc) is 2.84. The summed E-state index contributed by atoms with van der Waals surface area (Å²) in [5.74, 6) is 0.432. The van der Waals surface area contributed by atoms with E-state index in [2.05, 4.69) is 54.1 Å². The molecule has 1 heterocycles. The molecule has 1 aliphatic carbocycles. The molecule has 1 saturated carbocycles. The Balaban J connectivity index is 1.60. The molecule has 1 aliphatic heterocycles. The minimum atomic E-state index is -0.498. The van der Waals surface area contributed by atoms with Crippen molar-refractivity contribution in [2.45, 2.75) is 77.3 Å². The van der Waals surface area contributed by atoms with Gasteiger partial charge >= 0.3 is 6.03 Å².